The summed E-state index contributed by atoms with van der Waals surface area (Å²) < 4.78 is 34.1. The van der Waals surface area contributed by atoms with Gasteiger partial charge in [0.1, 0.15) is 13.1 Å². The molecule has 0 aromatic heterocycles. The largest absolute Gasteiger partial charge is 0.759 e. The highest BCUT2D eigenvalue weighted by atomic mass is 32.3. The predicted molar refractivity (Wildman–Crippen MR) is 337 cm³/mol. The van der Waals surface area contributed by atoms with Crippen molar-refractivity contribution < 1.29 is 37.5 Å². The van der Waals surface area contributed by atoms with E-state index in [1.165, 1.54) is 386 Å². The van der Waals surface area contributed by atoms with E-state index in [1.807, 2.05) is 0 Å². The molecule has 0 aliphatic carbocycles. The molecular formula is C68H144N2O6S. The Morgan fingerprint density at radius 2 is 0.325 bits per heavy atom. The highest BCUT2D eigenvalue weighted by Crippen LogP contribution is 2.17. The van der Waals surface area contributed by atoms with E-state index < -0.39 is 10.4 Å². The summed E-state index contributed by atoms with van der Waals surface area (Å²) in [5.74, 6) is 0. The highest BCUT2D eigenvalue weighted by molar-refractivity contribution is 7.79. The lowest BCUT2D eigenvalue weighted by Gasteiger charge is -2.18. The molecule has 0 aromatic rings. The summed E-state index contributed by atoms with van der Waals surface area (Å²) in [7, 11) is -5.17. The summed E-state index contributed by atoms with van der Waals surface area (Å²) in [5, 5.41) is 18.9. The zero-order valence-electron chi connectivity index (χ0n) is 53.2. The molecule has 0 bridgehead atoms. The molecule has 0 amide bonds. The van der Waals surface area contributed by atoms with Crippen LogP contribution in [-0.4, -0.2) is 80.2 Å². The van der Waals surface area contributed by atoms with E-state index >= 15 is 0 Å². The van der Waals surface area contributed by atoms with Crippen LogP contribution in [0.5, 0.6) is 0 Å². The van der Waals surface area contributed by atoms with Crippen molar-refractivity contribution in [2.75, 3.05) is 52.5 Å². The Balaban J connectivity index is -0.00000130. The minimum atomic E-state index is -5.17. The fourth-order valence-electron chi connectivity index (χ4n) is 11.3. The highest BCUT2D eigenvalue weighted by Gasteiger charge is 2.09. The summed E-state index contributed by atoms with van der Waals surface area (Å²) in [6.07, 6.45) is 80.2. The Labute approximate surface area is 485 Å². The summed E-state index contributed by atoms with van der Waals surface area (Å²) in [6, 6.07) is 0. The zero-order valence-corrected chi connectivity index (χ0v) is 54.0. The molecule has 0 saturated carbocycles. The van der Waals surface area contributed by atoms with Gasteiger partial charge in [0.25, 0.3) is 0 Å². The molecule has 0 unspecified atom stereocenters. The molecule has 77 heavy (non-hydrogen) atoms. The van der Waals surface area contributed by atoms with E-state index in [-0.39, 0.29) is 0 Å². The molecule has 0 fully saturated rings. The van der Waals surface area contributed by atoms with Gasteiger partial charge in [0.05, 0.1) is 39.4 Å². The SMILES string of the molecule is CCCCCCCCCCCCCCCC[NH+](CCO)CCCCCCCCCCCCCCCC.CCCCCCCCCCCCCCCC[NH+](CCO)CCCCCCCCCCCCCCCC.O=S(=O)([O-])[O-]. The van der Waals surface area contributed by atoms with Gasteiger partial charge >= 0.3 is 0 Å². The van der Waals surface area contributed by atoms with Crippen LogP contribution in [0.15, 0.2) is 0 Å². The first-order valence-corrected chi connectivity index (χ1v) is 36.6. The minimum Gasteiger partial charge on any atom is -0.759 e. The smallest absolute Gasteiger partial charge is 0.101 e. The van der Waals surface area contributed by atoms with Gasteiger partial charge in [-0.05, 0) is 51.4 Å². The van der Waals surface area contributed by atoms with E-state index in [0.29, 0.717) is 13.2 Å². The quantitative estimate of drug-likeness (QED) is 0.0273. The van der Waals surface area contributed by atoms with Crippen molar-refractivity contribution in [1.82, 2.24) is 0 Å². The van der Waals surface area contributed by atoms with Crippen molar-refractivity contribution in [3.8, 4) is 0 Å². The van der Waals surface area contributed by atoms with Crippen molar-refractivity contribution in [3.05, 3.63) is 0 Å². The van der Waals surface area contributed by atoms with Crippen LogP contribution in [0.3, 0.4) is 0 Å². The standard InChI is InChI=1S/2C34H71NO.H2O4S/c2*1-3-5-7-9-11-13-15-17-19-21-23-25-27-29-31-35(33-34-36)32-30-28-26-24-22-20-18-16-14-12-10-8-6-4-2;1-5(2,3)4/h2*36H,3-34H2,1-2H3;(H2,1,2,3,4). The Hall–Kier alpha value is -0.290. The first kappa shape index (κ1) is 80.9. The second-order valence-electron chi connectivity index (χ2n) is 24.2. The fourth-order valence-corrected chi connectivity index (χ4v) is 11.3. The maximum absolute atomic E-state index is 9.45. The summed E-state index contributed by atoms with van der Waals surface area (Å²) in [5.41, 5.74) is 0. The number of rotatable bonds is 64. The third-order valence-electron chi connectivity index (χ3n) is 16.5. The molecule has 0 radical (unpaired) electrons. The summed E-state index contributed by atoms with van der Waals surface area (Å²) >= 11 is 0. The molecule has 0 atom stereocenters. The monoisotopic (exact) mass is 1120 g/mol. The second-order valence-corrected chi connectivity index (χ2v) is 25.1. The van der Waals surface area contributed by atoms with Crippen LogP contribution in [0.4, 0.5) is 0 Å². The van der Waals surface area contributed by atoms with E-state index in [9.17, 15) is 10.2 Å². The number of quaternary nitrogens is 2. The predicted octanol–water partition coefficient (Wildman–Crippen LogP) is 18.3. The van der Waals surface area contributed by atoms with Crippen LogP contribution in [0.25, 0.3) is 0 Å². The number of hydrogen-bond donors (Lipinski definition) is 4. The van der Waals surface area contributed by atoms with Crippen molar-refractivity contribution in [1.29, 1.82) is 0 Å². The molecular weight excluding hydrogens is 973 g/mol. The Morgan fingerprint density at radius 1 is 0.221 bits per heavy atom. The van der Waals surface area contributed by atoms with E-state index in [2.05, 4.69) is 27.7 Å². The van der Waals surface area contributed by atoms with Crippen LogP contribution < -0.4 is 9.80 Å². The average molecular weight is 1120 g/mol. The first-order chi connectivity index (χ1) is 37.7. The van der Waals surface area contributed by atoms with Gasteiger partial charge in [0, 0.05) is 10.4 Å². The van der Waals surface area contributed by atoms with Gasteiger partial charge in [-0.3, -0.25) is 8.42 Å². The molecule has 0 aliphatic heterocycles. The second kappa shape index (κ2) is 73.7. The summed E-state index contributed by atoms with van der Waals surface area (Å²) in [4.78, 5) is 3.30. The number of aliphatic hydroxyl groups is 2. The molecule has 0 aliphatic rings. The van der Waals surface area contributed by atoms with Gasteiger partial charge < -0.3 is 29.1 Å². The third-order valence-corrected chi connectivity index (χ3v) is 16.5. The number of aliphatic hydroxyl groups excluding tert-OH is 2. The van der Waals surface area contributed by atoms with E-state index in [1.54, 1.807) is 9.80 Å². The van der Waals surface area contributed by atoms with Crippen LogP contribution in [0, 0.1) is 0 Å². The van der Waals surface area contributed by atoms with E-state index in [4.69, 9.17) is 17.5 Å². The van der Waals surface area contributed by atoms with Gasteiger partial charge in [-0.25, -0.2) is 0 Å². The van der Waals surface area contributed by atoms with Crippen LogP contribution >= 0.6 is 0 Å². The van der Waals surface area contributed by atoms with Crippen LogP contribution in [-0.2, 0) is 10.4 Å². The van der Waals surface area contributed by atoms with Gasteiger partial charge in [0.2, 0.25) is 0 Å². The molecule has 0 heterocycles. The molecule has 8 nitrogen and oxygen atoms in total. The lowest BCUT2D eigenvalue weighted by atomic mass is 10.0. The third kappa shape index (κ3) is 84.6. The molecule has 4 N–H and O–H groups in total. The van der Waals surface area contributed by atoms with Gasteiger partial charge in [-0.15, -0.1) is 0 Å². The minimum absolute atomic E-state index is 0.354. The van der Waals surface area contributed by atoms with Gasteiger partial charge in [0.15, 0.2) is 0 Å². The molecule has 468 valence electrons. The lowest BCUT2D eigenvalue weighted by Crippen LogP contribution is -3.12. The van der Waals surface area contributed by atoms with Crippen LogP contribution in [0.2, 0.25) is 0 Å². The zero-order chi connectivity index (χ0) is 56.9. The van der Waals surface area contributed by atoms with Gasteiger partial charge in [-0.2, -0.15) is 0 Å². The van der Waals surface area contributed by atoms with Crippen molar-refractivity contribution in [2.45, 2.75) is 387 Å². The number of nitrogens with one attached hydrogen (secondary N) is 2. The lowest BCUT2D eigenvalue weighted by molar-refractivity contribution is -0.901. The molecule has 0 spiro atoms. The molecule has 0 aromatic carbocycles. The van der Waals surface area contributed by atoms with E-state index in [0.717, 1.165) is 13.1 Å². The average Bonchev–Trinajstić information content (AvgIpc) is 3.40. The maximum Gasteiger partial charge on any atom is 0.101 e. The first-order valence-electron chi connectivity index (χ1n) is 35.2. The fraction of sp³-hybridized carbons (Fsp3) is 1.00. The number of hydrogen-bond acceptors (Lipinski definition) is 6. The van der Waals surface area contributed by atoms with Crippen LogP contribution in [0.1, 0.15) is 387 Å². The number of unbranched alkanes of at least 4 members (excludes halogenated alkanes) is 52. The molecule has 9 heteroatoms. The molecule has 0 rings (SSSR count). The molecule has 0 saturated heterocycles. The van der Waals surface area contributed by atoms with Crippen molar-refractivity contribution in [3.63, 3.8) is 0 Å². The Bertz CT molecular complexity index is 973. The van der Waals surface area contributed by atoms with Crippen molar-refractivity contribution >= 4 is 10.4 Å². The van der Waals surface area contributed by atoms with Crippen molar-refractivity contribution in [2.24, 2.45) is 0 Å². The Morgan fingerprint density at radius 3 is 0.429 bits per heavy atom. The normalized spacial score (nSPS) is 11.7. The topological polar surface area (TPSA) is 130 Å². The summed E-state index contributed by atoms with van der Waals surface area (Å²) in [6.45, 7) is 16.9. The van der Waals surface area contributed by atoms with Gasteiger partial charge in [-0.1, -0.05) is 336 Å². The maximum atomic E-state index is 9.45. The Kier molecular flexibility index (Phi) is 77.5.